The van der Waals surface area contributed by atoms with E-state index >= 15 is 0 Å². The standard InChI is InChI=1S/C6H13NO5S.C6H15N.C2H5NO2.CH3ClO2S/c1-13(10,11)7-3-5-12-4-2-6(8)9;1-4-7(5-2)6-3;3-1-2(4)5;1-5(2,3)4/h7H,2-5H2,1H3,(H,8,9);4-6H2,1-3H3;1,3H2,(H,4,5);1H3. The number of carboxylic acids is 2. The number of sulfonamides is 1. The van der Waals surface area contributed by atoms with Crippen LogP contribution < -0.4 is 10.5 Å². The number of hydrogen-bond donors (Lipinski definition) is 4. The van der Waals surface area contributed by atoms with Gasteiger partial charge in [-0.3, -0.25) is 9.59 Å². The molecule has 0 aliphatic rings. The van der Waals surface area contributed by atoms with Crippen molar-refractivity contribution in [2.24, 2.45) is 5.73 Å². The Balaban J connectivity index is -0.000000167. The van der Waals surface area contributed by atoms with Crippen molar-refractivity contribution < 1.29 is 41.4 Å². The van der Waals surface area contributed by atoms with Gasteiger partial charge in [0, 0.05) is 17.2 Å². The third-order valence-electron chi connectivity index (χ3n) is 2.59. The molecular formula is C15H36ClN3O9S2. The summed E-state index contributed by atoms with van der Waals surface area (Å²) in [5, 5.41) is 15.8. The summed E-state index contributed by atoms with van der Waals surface area (Å²) < 4.78 is 46.9. The van der Waals surface area contributed by atoms with Gasteiger partial charge in [-0.2, -0.15) is 0 Å². The number of nitrogens with zero attached hydrogens (tertiary/aromatic N) is 1. The molecule has 0 aromatic rings. The predicted molar refractivity (Wildman–Crippen MR) is 117 cm³/mol. The van der Waals surface area contributed by atoms with Crippen molar-refractivity contribution in [1.82, 2.24) is 9.62 Å². The molecular weight excluding hydrogens is 466 g/mol. The number of ether oxygens (including phenoxy) is 1. The van der Waals surface area contributed by atoms with Crippen molar-refractivity contribution in [2.45, 2.75) is 27.2 Å². The third kappa shape index (κ3) is 63.2. The van der Waals surface area contributed by atoms with E-state index in [2.05, 4.69) is 46.8 Å². The maximum atomic E-state index is 10.5. The van der Waals surface area contributed by atoms with E-state index in [1.54, 1.807) is 0 Å². The van der Waals surface area contributed by atoms with Gasteiger partial charge in [-0.1, -0.05) is 20.8 Å². The Morgan fingerprint density at radius 2 is 1.33 bits per heavy atom. The van der Waals surface area contributed by atoms with Gasteiger partial charge >= 0.3 is 11.9 Å². The van der Waals surface area contributed by atoms with Gasteiger partial charge in [0.2, 0.25) is 19.1 Å². The lowest BCUT2D eigenvalue weighted by atomic mass is 10.5. The number of nitrogens with one attached hydrogen (secondary N) is 1. The second-order valence-electron chi connectivity index (χ2n) is 5.32. The van der Waals surface area contributed by atoms with Crippen LogP contribution in [0.5, 0.6) is 0 Å². The van der Waals surface area contributed by atoms with Crippen LogP contribution in [-0.2, 0) is 33.4 Å². The Morgan fingerprint density at radius 3 is 1.53 bits per heavy atom. The second kappa shape index (κ2) is 22.7. The van der Waals surface area contributed by atoms with Crippen molar-refractivity contribution >= 4 is 41.7 Å². The van der Waals surface area contributed by atoms with Gasteiger partial charge in [-0.15, -0.1) is 0 Å². The number of rotatable bonds is 11. The number of nitrogens with two attached hydrogens (primary N) is 1. The van der Waals surface area contributed by atoms with Crippen LogP contribution >= 0.6 is 10.7 Å². The van der Waals surface area contributed by atoms with Crippen molar-refractivity contribution in [3.05, 3.63) is 0 Å². The highest BCUT2D eigenvalue weighted by Gasteiger charge is 1.99. The maximum Gasteiger partial charge on any atom is 0.317 e. The molecule has 0 heterocycles. The van der Waals surface area contributed by atoms with E-state index in [-0.39, 0.29) is 32.7 Å². The van der Waals surface area contributed by atoms with Gasteiger partial charge in [-0.05, 0) is 19.6 Å². The largest absolute Gasteiger partial charge is 0.481 e. The molecule has 0 bridgehead atoms. The summed E-state index contributed by atoms with van der Waals surface area (Å²) in [7, 11) is -1.87. The van der Waals surface area contributed by atoms with Crippen LogP contribution in [-0.4, -0.2) is 102 Å². The lowest BCUT2D eigenvalue weighted by Gasteiger charge is -2.13. The van der Waals surface area contributed by atoms with Crippen LogP contribution in [0.2, 0.25) is 0 Å². The van der Waals surface area contributed by atoms with Crippen LogP contribution in [0.4, 0.5) is 0 Å². The molecule has 12 nitrogen and oxygen atoms in total. The predicted octanol–water partition coefficient (Wildman–Crippen LogP) is -0.410. The Bertz CT molecular complexity index is 612. The fraction of sp³-hybridized carbons (Fsp3) is 0.867. The van der Waals surface area contributed by atoms with E-state index in [1.165, 1.54) is 19.6 Å². The Hall–Kier alpha value is -1.03. The topological polar surface area (TPSA) is 193 Å². The van der Waals surface area contributed by atoms with Gasteiger partial charge in [0.15, 0.2) is 0 Å². The first kappa shape index (κ1) is 36.3. The van der Waals surface area contributed by atoms with Crippen LogP contribution in [0.3, 0.4) is 0 Å². The lowest BCUT2D eigenvalue weighted by Crippen LogP contribution is -2.26. The Labute approximate surface area is 184 Å². The van der Waals surface area contributed by atoms with E-state index in [4.69, 9.17) is 14.9 Å². The van der Waals surface area contributed by atoms with E-state index in [9.17, 15) is 26.4 Å². The van der Waals surface area contributed by atoms with Gasteiger partial charge in [-0.25, -0.2) is 21.6 Å². The number of halogens is 1. The van der Waals surface area contributed by atoms with Gasteiger partial charge in [0.25, 0.3) is 0 Å². The quantitative estimate of drug-likeness (QED) is 0.212. The Kier molecular flexibility index (Phi) is 27.4. The molecule has 0 amide bonds. The molecule has 184 valence electrons. The summed E-state index contributed by atoms with van der Waals surface area (Å²) in [6.07, 6.45) is 1.90. The Morgan fingerprint density at radius 1 is 0.967 bits per heavy atom. The fourth-order valence-corrected chi connectivity index (χ4v) is 1.69. The van der Waals surface area contributed by atoms with Gasteiger partial charge in [0.05, 0.1) is 38.7 Å². The highest BCUT2D eigenvalue weighted by atomic mass is 35.7. The van der Waals surface area contributed by atoms with Crippen LogP contribution in [0.1, 0.15) is 27.2 Å². The minimum Gasteiger partial charge on any atom is -0.481 e. The van der Waals surface area contributed by atoms with E-state index < -0.39 is 31.0 Å². The zero-order valence-electron chi connectivity index (χ0n) is 18.1. The van der Waals surface area contributed by atoms with Gasteiger partial charge < -0.3 is 25.6 Å². The molecule has 0 atom stereocenters. The first-order valence-corrected chi connectivity index (χ1v) is 13.4. The second-order valence-corrected chi connectivity index (χ2v) is 10.2. The highest BCUT2D eigenvalue weighted by molar-refractivity contribution is 8.13. The molecule has 0 radical (unpaired) electrons. The van der Waals surface area contributed by atoms with Crippen LogP contribution in [0.25, 0.3) is 0 Å². The van der Waals surface area contributed by atoms with E-state index in [1.807, 2.05) is 0 Å². The van der Waals surface area contributed by atoms with Gasteiger partial charge in [0.1, 0.15) is 0 Å². The first-order chi connectivity index (χ1) is 13.5. The molecule has 0 fully saturated rings. The molecule has 0 spiro atoms. The maximum absolute atomic E-state index is 10.5. The minimum atomic E-state index is -3.19. The molecule has 0 saturated carbocycles. The average Bonchev–Trinajstić information content (AvgIpc) is 2.58. The van der Waals surface area contributed by atoms with Crippen molar-refractivity contribution in [3.8, 4) is 0 Å². The molecule has 5 N–H and O–H groups in total. The summed E-state index contributed by atoms with van der Waals surface area (Å²) >= 11 is 0. The molecule has 0 aromatic heterocycles. The number of hydrogen-bond acceptors (Lipinski definition) is 9. The molecule has 0 rings (SSSR count). The number of carboxylic acid groups (broad SMARTS) is 2. The summed E-state index contributed by atoms with van der Waals surface area (Å²) in [4.78, 5) is 21.6. The van der Waals surface area contributed by atoms with Crippen molar-refractivity contribution in [1.29, 1.82) is 0 Å². The number of aliphatic carboxylic acids is 2. The molecule has 0 aromatic carbocycles. The molecule has 0 saturated heterocycles. The van der Waals surface area contributed by atoms with Crippen LogP contribution in [0.15, 0.2) is 0 Å². The number of carbonyl (C=O) groups is 2. The summed E-state index contributed by atoms with van der Waals surface area (Å²) in [6.45, 7) is 10.3. The molecule has 30 heavy (non-hydrogen) atoms. The lowest BCUT2D eigenvalue weighted by molar-refractivity contribution is -0.138. The zero-order valence-corrected chi connectivity index (χ0v) is 20.5. The molecule has 15 heteroatoms. The fourth-order valence-electron chi connectivity index (χ4n) is 1.23. The third-order valence-corrected chi connectivity index (χ3v) is 3.32. The smallest absolute Gasteiger partial charge is 0.317 e. The van der Waals surface area contributed by atoms with Crippen molar-refractivity contribution in [2.75, 3.05) is 58.4 Å². The summed E-state index contributed by atoms with van der Waals surface area (Å²) in [6, 6.07) is 0. The van der Waals surface area contributed by atoms with E-state index in [0.717, 1.165) is 12.5 Å². The summed E-state index contributed by atoms with van der Waals surface area (Å²) in [5.74, 6) is -1.90. The average molecular weight is 502 g/mol. The van der Waals surface area contributed by atoms with Crippen molar-refractivity contribution in [3.63, 3.8) is 0 Å². The van der Waals surface area contributed by atoms with E-state index in [0.29, 0.717) is 0 Å². The molecule has 0 aliphatic carbocycles. The highest BCUT2D eigenvalue weighted by Crippen LogP contribution is 1.84. The first-order valence-electron chi connectivity index (χ1n) is 8.81. The SMILES string of the molecule is CCN(CC)CC.CS(=O)(=O)Cl.CS(=O)(=O)NCCOCCC(=O)O.NCC(=O)O. The normalized spacial score (nSPS) is 10.5. The molecule has 0 aliphatic heterocycles. The zero-order chi connectivity index (χ0) is 24.8. The monoisotopic (exact) mass is 501 g/mol. The minimum absolute atomic E-state index is 0.0706. The molecule has 0 unspecified atom stereocenters. The van der Waals surface area contributed by atoms with Crippen LogP contribution in [0, 0.1) is 0 Å². The summed E-state index contributed by atoms with van der Waals surface area (Å²) in [5.41, 5.74) is 4.57.